The summed E-state index contributed by atoms with van der Waals surface area (Å²) in [6.07, 6.45) is 0. The van der Waals surface area contributed by atoms with Gasteiger partial charge in [0.1, 0.15) is 0 Å². The van der Waals surface area contributed by atoms with E-state index in [9.17, 15) is 4.79 Å². The quantitative estimate of drug-likeness (QED) is 0.649. The van der Waals surface area contributed by atoms with Gasteiger partial charge in [0.15, 0.2) is 5.78 Å². The number of hydrogen-bond donors (Lipinski definition) is 0. The molecule has 2 heteroatoms. The third-order valence-corrected chi connectivity index (χ3v) is 3.85. The third kappa shape index (κ3) is 1.71. The van der Waals surface area contributed by atoms with Crippen LogP contribution in [0.3, 0.4) is 0 Å². The monoisotopic (exact) mass is 206 g/mol. The molecule has 0 fully saturated rings. The summed E-state index contributed by atoms with van der Waals surface area (Å²) in [6, 6.07) is 6.20. The molecule has 1 nitrogen and oxygen atoms in total. The number of aryl methyl sites for hydroxylation is 1. The van der Waals surface area contributed by atoms with Crippen LogP contribution in [0.2, 0.25) is 0 Å². The predicted octanol–water partition coefficient (Wildman–Crippen LogP) is 3.06. The first kappa shape index (κ1) is 9.78. The molecule has 0 spiro atoms. The van der Waals surface area contributed by atoms with Crippen molar-refractivity contribution < 1.29 is 4.79 Å². The predicted molar refractivity (Wildman–Crippen MR) is 60.8 cm³/mol. The second kappa shape index (κ2) is 3.77. The fourth-order valence-corrected chi connectivity index (χ4v) is 2.83. The highest BCUT2D eigenvalue weighted by atomic mass is 32.2. The average Bonchev–Trinajstić information content (AvgIpc) is 2.30. The molecular weight excluding hydrogens is 192 g/mol. The summed E-state index contributed by atoms with van der Waals surface area (Å²) >= 11 is 1.86. The summed E-state index contributed by atoms with van der Waals surface area (Å²) in [5.41, 5.74) is 3.33. The van der Waals surface area contributed by atoms with Crippen molar-refractivity contribution in [3.05, 3.63) is 34.9 Å². The Hall–Kier alpha value is -0.760. The van der Waals surface area contributed by atoms with Crippen LogP contribution in [0, 0.1) is 12.8 Å². The maximum Gasteiger partial charge on any atom is 0.166 e. The smallest absolute Gasteiger partial charge is 0.166 e. The standard InChI is InChI=1S/C12H14OS/c1-8-3-4-10-7-14-6-9(2)12(13)11(10)5-8/h3-5,9H,6-7H2,1-2H3. The van der Waals surface area contributed by atoms with Gasteiger partial charge in [-0.05, 0) is 18.6 Å². The van der Waals surface area contributed by atoms with Gasteiger partial charge in [0, 0.05) is 23.0 Å². The van der Waals surface area contributed by atoms with E-state index in [-0.39, 0.29) is 5.92 Å². The Morgan fingerprint density at radius 2 is 2.21 bits per heavy atom. The Balaban J connectivity index is 2.50. The lowest BCUT2D eigenvalue weighted by Crippen LogP contribution is -2.12. The summed E-state index contributed by atoms with van der Waals surface area (Å²) in [7, 11) is 0. The molecule has 14 heavy (non-hydrogen) atoms. The molecule has 1 aliphatic rings. The van der Waals surface area contributed by atoms with Crippen molar-refractivity contribution in [2.75, 3.05) is 5.75 Å². The summed E-state index contributed by atoms with van der Waals surface area (Å²) < 4.78 is 0. The van der Waals surface area contributed by atoms with Crippen LogP contribution in [-0.2, 0) is 5.75 Å². The Morgan fingerprint density at radius 3 is 3.00 bits per heavy atom. The number of benzene rings is 1. The van der Waals surface area contributed by atoms with Crippen LogP contribution in [0.5, 0.6) is 0 Å². The van der Waals surface area contributed by atoms with Gasteiger partial charge in [-0.1, -0.05) is 24.6 Å². The van der Waals surface area contributed by atoms with Crippen molar-refractivity contribution in [2.24, 2.45) is 5.92 Å². The first-order chi connectivity index (χ1) is 6.68. The highest BCUT2D eigenvalue weighted by molar-refractivity contribution is 7.98. The van der Waals surface area contributed by atoms with E-state index in [2.05, 4.69) is 12.1 Å². The van der Waals surface area contributed by atoms with E-state index < -0.39 is 0 Å². The van der Waals surface area contributed by atoms with Crippen LogP contribution in [0.25, 0.3) is 0 Å². The fraction of sp³-hybridized carbons (Fsp3) is 0.417. The van der Waals surface area contributed by atoms with Crippen molar-refractivity contribution >= 4 is 17.5 Å². The van der Waals surface area contributed by atoms with Crippen LogP contribution in [0.4, 0.5) is 0 Å². The molecule has 1 aromatic rings. The average molecular weight is 206 g/mol. The van der Waals surface area contributed by atoms with Gasteiger partial charge in [-0.15, -0.1) is 0 Å². The second-order valence-corrected chi connectivity index (χ2v) is 4.97. The van der Waals surface area contributed by atoms with Crippen LogP contribution in [-0.4, -0.2) is 11.5 Å². The Kier molecular flexibility index (Phi) is 2.64. The number of carbonyl (C=O) groups is 1. The molecule has 0 saturated heterocycles. The number of thioether (sulfide) groups is 1. The number of Topliss-reactive ketones (excluding diaryl/α,β-unsaturated/α-hetero) is 1. The van der Waals surface area contributed by atoms with Crippen molar-refractivity contribution in [3.8, 4) is 0 Å². The van der Waals surface area contributed by atoms with E-state index in [1.54, 1.807) is 0 Å². The number of rotatable bonds is 0. The van der Waals surface area contributed by atoms with Crippen LogP contribution in [0.1, 0.15) is 28.4 Å². The zero-order valence-electron chi connectivity index (χ0n) is 8.54. The van der Waals surface area contributed by atoms with Gasteiger partial charge >= 0.3 is 0 Å². The zero-order chi connectivity index (χ0) is 10.1. The van der Waals surface area contributed by atoms with Gasteiger partial charge < -0.3 is 0 Å². The third-order valence-electron chi connectivity index (χ3n) is 2.60. The minimum absolute atomic E-state index is 0.169. The number of fused-ring (bicyclic) bond motifs is 1. The summed E-state index contributed by atoms with van der Waals surface area (Å²) in [5, 5.41) is 0. The van der Waals surface area contributed by atoms with Crippen molar-refractivity contribution in [1.82, 2.24) is 0 Å². The van der Waals surface area contributed by atoms with Crippen molar-refractivity contribution in [2.45, 2.75) is 19.6 Å². The van der Waals surface area contributed by atoms with Crippen molar-refractivity contribution in [1.29, 1.82) is 0 Å². The Morgan fingerprint density at radius 1 is 1.43 bits per heavy atom. The number of carbonyl (C=O) groups excluding carboxylic acids is 1. The molecule has 0 saturated carbocycles. The molecule has 0 radical (unpaired) electrons. The number of ketones is 1. The minimum atomic E-state index is 0.169. The molecule has 1 aromatic carbocycles. The Labute approximate surface area is 88.9 Å². The topological polar surface area (TPSA) is 17.1 Å². The molecule has 1 heterocycles. The molecule has 0 N–H and O–H groups in total. The molecule has 1 atom stereocenters. The van der Waals surface area contributed by atoms with E-state index in [0.29, 0.717) is 5.78 Å². The summed E-state index contributed by atoms with van der Waals surface area (Å²) in [6.45, 7) is 4.06. The molecule has 0 amide bonds. The van der Waals surface area contributed by atoms with E-state index in [1.165, 1.54) is 11.1 Å². The van der Waals surface area contributed by atoms with Gasteiger partial charge in [0.25, 0.3) is 0 Å². The maximum absolute atomic E-state index is 12.0. The molecule has 0 aliphatic carbocycles. The zero-order valence-corrected chi connectivity index (χ0v) is 9.36. The molecule has 0 bridgehead atoms. The first-order valence-electron chi connectivity index (χ1n) is 4.90. The number of hydrogen-bond acceptors (Lipinski definition) is 2. The normalized spacial score (nSPS) is 21.6. The summed E-state index contributed by atoms with van der Waals surface area (Å²) in [5.74, 6) is 2.41. The molecule has 1 unspecified atom stereocenters. The highest BCUT2D eigenvalue weighted by Gasteiger charge is 2.21. The highest BCUT2D eigenvalue weighted by Crippen LogP contribution is 2.27. The second-order valence-electron chi connectivity index (χ2n) is 3.94. The van der Waals surface area contributed by atoms with Gasteiger partial charge in [-0.2, -0.15) is 11.8 Å². The van der Waals surface area contributed by atoms with Gasteiger partial charge in [0.05, 0.1) is 0 Å². The molecule has 2 rings (SSSR count). The van der Waals surface area contributed by atoms with E-state index in [4.69, 9.17) is 0 Å². The molecule has 0 aromatic heterocycles. The lowest BCUT2D eigenvalue weighted by atomic mass is 9.96. The lowest BCUT2D eigenvalue weighted by molar-refractivity contribution is 0.0942. The van der Waals surface area contributed by atoms with E-state index >= 15 is 0 Å². The first-order valence-corrected chi connectivity index (χ1v) is 6.05. The van der Waals surface area contributed by atoms with E-state index in [0.717, 1.165) is 17.1 Å². The maximum atomic E-state index is 12.0. The molecular formula is C12H14OS. The summed E-state index contributed by atoms with van der Waals surface area (Å²) in [4.78, 5) is 12.0. The van der Waals surface area contributed by atoms with Crippen LogP contribution < -0.4 is 0 Å². The molecule has 74 valence electrons. The van der Waals surface area contributed by atoms with E-state index in [1.807, 2.05) is 31.7 Å². The van der Waals surface area contributed by atoms with Crippen molar-refractivity contribution in [3.63, 3.8) is 0 Å². The van der Waals surface area contributed by atoms with Gasteiger partial charge in [-0.25, -0.2) is 0 Å². The lowest BCUT2D eigenvalue weighted by Gasteiger charge is -2.07. The van der Waals surface area contributed by atoms with Gasteiger partial charge in [-0.3, -0.25) is 4.79 Å². The SMILES string of the molecule is Cc1ccc2c(c1)C(=O)C(C)CSC2. The largest absolute Gasteiger partial charge is 0.294 e. The minimum Gasteiger partial charge on any atom is -0.294 e. The Bertz CT molecular complexity index is 371. The van der Waals surface area contributed by atoms with Crippen LogP contribution >= 0.6 is 11.8 Å². The fourth-order valence-electron chi connectivity index (χ4n) is 1.73. The molecule has 1 aliphatic heterocycles. The van der Waals surface area contributed by atoms with Crippen LogP contribution in [0.15, 0.2) is 18.2 Å². The van der Waals surface area contributed by atoms with Gasteiger partial charge in [0.2, 0.25) is 0 Å².